The number of aliphatic carboxylic acids is 1. The molecule has 3 N–H and O–H groups in total. The van der Waals surface area contributed by atoms with E-state index in [-0.39, 0.29) is 18.7 Å². The Bertz CT molecular complexity index is 1020. The lowest BCUT2D eigenvalue weighted by Crippen LogP contribution is -2.50. The van der Waals surface area contributed by atoms with Crippen LogP contribution in [0.25, 0.3) is 0 Å². The minimum absolute atomic E-state index is 0.274. The number of carboxylic acid groups (broad SMARTS) is 1. The Morgan fingerprint density at radius 3 is 2.69 bits per heavy atom. The van der Waals surface area contributed by atoms with Gasteiger partial charge in [0.15, 0.2) is 0 Å². The third kappa shape index (κ3) is 9.29. The number of carboxylic acids is 1. The summed E-state index contributed by atoms with van der Waals surface area (Å²) in [5, 5.41) is 15.0. The van der Waals surface area contributed by atoms with Crippen LogP contribution in [0.2, 0.25) is 0 Å². The van der Waals surface area contributed by atoms with E-state index < -0.39 is 23.8 Å². The maximum absolute atomic E-state index is 13.2. The molecule has 35 heavy (non-hydrogen) atoms. The van der Waals surface area contributed by atoms with Gasteiger partial charge in [-0.05, 0) is 36.6 Å². The van der Waals surface area contributed by atoms with Gasteiger partial charge in [0.25, 0.3) is 0 Å². The van der Waals surface area contributed by atoms with E-state index in [4.69, 9.17) is 4.74 Å². The molecule has 3 heterocycles. The van der Waals surface area contributed by atoms with Gasteiger partial charge in [0.2, 0.25) is 11.8 Å². The number of carbonyl (C=O) groups is 3. The predicted molar refractivity (Wildman–Crippen MR) is 131 cm³/mol. The summed E-state index contributed by atoms with van der Waals surface area (Å²) < 4.78 is 9.59. The molecule has 3 rings (SSSR count). The molecule has 9 nitrogen and oxygen atoms in total. The number of nitrogens with zero attached hydrogens (tertiary/aromatic N) is 2. The van der Waals surface area contributed by atoms with Crippen molar-refractivity contribution in [1.29, 1.82) is 0 Å². The molecule has 2 atom stereocenters. The van der Waals surface area contributed by atoms with E-state index in [1.54, 1.807) is 0 Å². The monoisotopic (exact) mass is 482 g/mol. The summed E-state index contributed by atoms with van der Waals surface area (Å²) in [7, 11) is 0. The molecule has 2 amide bonds. The van der Waals surface area contributed by atoms with E-state index in [0.29, 0.717) is 45.7 Å². The fourth-order valence-corrected chi connectivity index (χ4v) is 3.98. The molecule has 2 aromatic heterocycles. The Kier molecular flexibility index (Phi) is 10.4. The Balaban J connectivity index is 1.77. The molecular weight excluding hydrogens is 448 g/mol. The molecule has 2 aromatic rings. The van der Waals surface area contributed by atoms with Crippen LogP contribution in [0.15, 0.2) is 67.3 Å². The van der Waals surface area contributed by atoms with Gasteiger partial charge in [-0.2, -0.15) is 0 Å². The lowest BCUT2D eigenvalue weighted by Gasteiger charge is -2.22. The van der Waals surface area contributed by atoms with Crippen molar-refractivity contribution in [3.63, 3.8) is 0 Å². The van der Waals surface area contributed by atoms with E-state index >= 15 is 0 Å². The van der Waals surface area contributed by atoms with Crippen molar-refractivity contribution in [1.82, 2.24) is 19.8 Å². The van der Waals surface area contributed by atoms with Crippen molar-refractivity contribution in [2.24, 2.45) is 5.92 Å². The average Bonchev–Trinajstić information content (AvgIpc) is 3.36. The van der Waals surface area contributed by atoms with Crippen LogP contribution in [-0.2, 0) is 38.6 Å². The molecule has 9 heteroatoms. The van der Waals surface area contributed by atoms with Crippen LogP contribution in [0.1, 0.15) is 24.8 Å². The zero-order chi connectivity index (χ0) is 24.9. The second kappa shape index (κ2) is 14.0. The van der Waals surface area contributed by atoms with Crippen LogP contribution in [-0.4, -0.2) is 57.8 Å². The molecule has 1 aliphatic heterocycles. The number of nitrogens with one attached hydrogen (secondary N) is 2. The average molecular weight is 483 g/mol. The first-order valence-electron chi connectivity index (χ1n) is 12.0. The number of aromatic nitrogens is 2. The molecule has 1 aliphatic rings. The van der Waals surface area contributed by atoms with Gasteiger partial charge in [0.05, 0.1) is 19.6 Å². The van der Waals surface area contributed by atoms with Gasteiger partial charge in [-0.15, -0.1) is 0 Å². The molecular formula is C26H34N4O5. The summed E-state index contributed by atoms with van der Waals surface area (Å²) in [6.45, 7) is 2.54. The molecule has 0 saturated carbocycles. The number of amides is 2. The van der Waals surface area contributed by atoms with E-state index in [9.17, 15) is 19.5 Å². The number of aryl methyl sites for hydroxylation is 1. The van der Waals surface area contributed by atoms with E-state index in [1.165, 1.54) is 0 Å². The van der Waals surface area contributed by atoms with E-state index in [2.05, 4.69) is 10.6 Å². The van der Waals surface area contributed by atoms with Crippen LogP contribution in [0.5, 0.6) is 0 Å². The van der Waals surface area contributed by atoms with Crippen molar-refractivity contribution < 1.29 is 24.2 Å². The molecule has 188 valence electrons. The van der Waals surface area contributed by atoms with Crippen LogP contribution in [0.3, 0.4) is 0 Å². The number of carbonyl (C=O) groups excluding carboxylic acids is 2. The van der Waals surface area contributed by atoms with Gasteiger partial charge in [0, 0.05) is 56.8 Å². The number of hydrogen-bond donors (Lipinski definition) is 3. The van der Waals surface area contributed by atoms with Gasteiger partial charge < -0.3 is 29.6 Å². The summed E-state index contributed by atoms with van der Waals surface area (Å²) in [5.41, 5.74) is 0.851. The van der Waals surface area contributed by atoms with E-state index in [1.807, 2.05) is 76.4 Å². The SMILES string of the molecule is O=C(O)C[C@@H](CCCn1cccc1)C(=O)NC1Cc2ccccccn(c2)CCOCCNC1=O. The smallest absolute Gasteiger partial charge is 0.304 e. The van der Waals surface area contributed by atoms with Crippen LogP contribution in [0, 0.1) is 5.92 Å². The fourth-order valence-electron chi connectivity index (χ4n) is 3.98. The zero-order valence-electron chi connectivity index (χ0n) is 19.8. The van der Waals surface area contributed by atoms with Crippen molar-refractivity contribution in [2.45, 2.75) is 44.8 Å². The van der Waals surface area contributed by atoms with Gasteiger partial charge in [-0.3, -0.25) is 14.4 Å². The second-order valence-electron chi connectivity index (χ2n) is 8.55. The summed E-state index contributed by atoms with van der Waals surface area (Å²) in [4.78, 5) is 37.6. The molecule has 0 aromatic carbocycles. The first-order chi connectivity index (χ1) is 17.0. The van der Waals surface area contributed by atoms with Gasteiger partial charge >= 0.3 is 5.97 Å². The van der Waals surface area contributed by atoms with Crippen LogP contribution >= 0.6 is 0 Å². The Morgan fingerprint density at radius 2 is 1.89 bits per heavy atom. The molecule has 0 radical (unpaired) electrons. The predicted octanol–water partition coefficient (Wildman–Crippen LogP) is 2.16. The third-order valence-corrected chi connectivity index (χ3v) is 5.79. The molecule has 0 fully saturated rings. The van der Waals surface area contributed by atoms with Gasteiger partial charge in [0.1, 0.15) is 6.04 Å². The summed E-state index contributed by atoms with van der Waals surface area (Å²) in [5.74, 6) is -2.51. The maximum Gasteiger partial charge on any atom is 0.304 e. The van der Waals surface area contributed by atoms with Crippen molar-refractivity contribution in [3.05, 3.63) is 72.8 Å². The number of hydrogen-bond acceptors (Lipinski definition) is 4. The van der Waals surface area contributed by atoms with Crippen LogP contribution in [0.4, 0.5) is 0 Å². The van der Waals surface area contributed by atoms with Crippen molar-refractivity contribution in [3.8, 4) is 0 Å². The number of ether oxygens (including phenoxy) is 1. The quantitative estimate of drug-likeness (QED) is 0.534. The Labute approximate surface area is 205 Å². The van der Waals surface area contributed by atoms with Gasteiger partial charge in [-0.25, -0.2) is 0 Å². The van der Waals surface area contributed by atoms with Gasteiger partial charge in [-0.1, -0.05) is 24.3 Å². The highest BCUT2D eigenvalue weighted by Crippen LogP contribution is 2.14. The zero-order valence-corrected chi connectivity index (χ0v) is 19.8. The largest absolute Gasteiger partial charge is 0.481 e. The highest BCUT2D eigenvalue weighted by atomic mass is 16.5. The molecule has 1 unspecified atom stereocenters. The second-order valence-corrected chi connectivity index (χ2v) is 8.55. The highest BCUT2D eigenvalue weighted by Gasteiger charge is 2.27. The minimum atomic E-state index is -1.04. The normalized spacial score (nSPS) is 17.1. The Morgan fingerprint density at radius 1 is 1.11 bits per heavy atom. The van der Waals surface area contributed by atoms with Crippen molar-refractivity contribution >= 4 is 17.8 Å². The molecule has 2 bridgehead atoms. The number of fused-ring (bicyclic) bond motifs is 2. The maximum atomic E-state index is 13.2. The summed E-state index contributed by atoms with van der Waals surface area (Å²) in [6, 6.07) is 12.5. The lowest BCUT2D eigenvalue weighted by atomic mass is 9.97. The summed E-state index contributed by atoms with van der Waals surface area (Å²) in [6.07, 6.45) is 8.76. The standard InChI is InChI=1S/C26H34N4O5/c31-24(32)19-22(9-7-14-29-11-5-6-12-29)25(33)28-23-18-21-8-3-1-2-4-13-30(20-21)15-17-35-16-10-27-26(23)34/h1-6,8,11-13,20,22-23H,7,9-10,14-19H2,(H,27,34)(H,28,33)(H,31,32)/t22-,23?/m1/s1. The fraction of sp³-hybridized carbons (Fsp3) is 0.423. The van der Waals surface area contributed by atoms with E-state index in [0.717, 1.165) is 5.56 Å². The first kappa shape index (κ1) is 26.0. The van der Waals surface area contributed by atoms with Crippen molar-refractivity contribution in [2.75, 3.05) is 19.8 Å². The minimum Gasteiger partial charge on any atom is -0.481 e. The first-order valence-corrected chi connectivity index (χ1v) is 12.0. The summed E-state index contributed by atoms with van der Waals surface area (Å²) >= 11 is 0. The highest BCUT2D eigenvalue weighted by molar-refractivity contribution is 5.90. The molecule has 0 spiro atoms. The van der Waals surface area contributed by atoms with Crippen LogP contribution < -0.4 is 10.6 Å². The third-order valence-electron chi connectivity index (χ3n) is 5.79. The number of rotatable bonds is 8. The topological polar surface area (TPSA) is 115 Å². The Hall–Kier alpha value is -3.59. The molecule has 0 aliphatic carbocycles. The lowest BCUT2D eigenvalue weighted by molar-refractivity contribution is -0.141. The molecule has 0 saturated heterocycles.